The van der Waals surface area contributed by atoms with Crippen LogP contribution in [0.3, 0.4) is 0 Å². The first-order valence-corrected chi connectivity index (χ1v) is 7.74. The summed E-state index contributed by atoms with van der Waals surface area (Å²) < 4.78 is 5.96. The van der Waals surface area contributed by atoms with Gasteiger partial charge in [0, 0.05) is 42.2 Å². The summed E-state index contributed by atoms with van der Waals surface area (Å²) in [7, 11) is 1.64. The standard InChI is InChI=1S/C16H18BrN3O2/c1-22-10-2-8-19-16(21)12-7-9-18-15(11-12)20-14-5-3-13(17)4-6-14/h3-7,9,11H,2,8,10H2,1H3,(H,18,20)(H,19,21). The van der Waals surface area contributed by atoms with Gasteiger partial charge in [-0.05, 0) is 42.8 Å². The Kier molecular flexibility index (Phi) is 6.36. The zero-order chi connectivity index (χ0) is 15.8. The lowest BCUT2D eigenvalue weighted by Gasteiger charge is -2.08. The van der Waals surface area contributed by atoms with Crippen molar-refractivity contribution in [2.75, 3.05) is 25.6 Å². The van der Waals surface area contributed by atoms with Crippen LogP contribution in [0.2, 0.25) is 0 Å². The Labute approximate surface area is 138 Å². The van der Waals surface area contributed by atoms with E-state index in [-0.39, 0.29) is 5.91 Å². The molecule has 2 aromatic rings. The van der Waals surface area contributed by atoms with E-state index in [0.717, 1.165) is 16.6 Å². The normalized spacial score (nSPS) is 10.3. The van der Waals surface area contributed by atoms with Gasteiger partial charge in [-0.1, -0.05) is 15.9 Å². The van der Waals surface area contributed by atoms with Crippen molar-refractivity contribution in [3.63, 3.8) is 0 Å². The van der Waals surface area contributed by atoms with E-state index in [2.05, 4.69) is 31.5 Å². The minimum atomic E-state index is -0.114. The van der Waals surface area contributed by atoms with Crippen LogP contribution >= 0.6 is 15.9 Å². The van der Waals surface area contributed by atoms with E-state index in [4.69, 9.17) is 4.74 Å². The van der Waals surface area contributed by atoms with Gasteiger partial charge in [0.2, 0.25) is 0 Å². The van der Waals surface area contributed by atoms with Crippen LogP contribution in [-0.4, -0.2) is 31.2 Å². The maximum atomic E-state index is 12.0. The second kappa shape index (κ2) is 8.51. The average Bonchev–Trinajstić information content (AvgIpc) is 2.54. The molecule has 0 saturated carbocycles. The van der Waals surface area contributed by atoms with Crippen LogP contribution in [0.4, 0.5) is 11.5 Å². The lowest BCUT2D eigenvalue weighted by molar-refractivity contribution is 0.0948. The summed E-state index contributed by atoms with van der Waals surface area (Å²) in [4.78, 5) is 16.3. The summed E-state index contributed by atoms with van der Waals surface area (Å²) in [6.07, 6.45) is 2.41. The van der Waals surface area contributed by atoms with Gasteiger partial charge in [0.25, 0.3) is 5.91 Å². The Balaban J connectivity index is 1.97. The summed E-state index contributed by atoms with van der Waals surface area (Å²) in [6, 6.07) is 11.2. The number of halogens is 1. The van der Waals surface area contributed by atoms with Crippen LogP contribution in [0.5, 0.6) is 0 Å². The largest absolute Gasteiger partial charge is 0.385 e. The van der Waals surface area contributed by atoms with Gasteiger partial charge in [-0.3, -0.25) is 4.79 Å². The highest BCUT2D eigenvalue weighted by atomic mass is 79.9. The second-order valence-electron chi connectivity index (χ2n) is 4.66. The molecule has 1 aromatic heterocycles. The molecular formula is C16H18BrN3O2. The van der Waals surface area contributed by atoms with E-state index in [9.17, 15) is 4.79 Å². The van der Waals surface area contributed by atoms with Gasteiger partial charge < -0.3 is 15.4 Å². The van der Waals surface area contributed by atoms with E-state index < -0.39 is 0 Å². The fraction of sp³-hybridized carbons (Fsp3) is 0.250. The number of ether oxygens (including phenoxy) is 1. The zero-order valence-electron chi connectivity index (χ0n) is 12.3. The van der Waals surface area contributed by atoms with Gasteiger partial charge >= 0.3 is 0 Å². The first kappa shape index (κ1) is 16.5. The predicted molar refractivity (Wildman–Crippen MR) is 90.5 cm³/mol. The van der Waals surface area contributed by atoms with Crippen molar-refractivity contribution in [1.29, 1.82) is 0 Å². The maximum Gasteiger partial charge on any atom is 0.251 e. The third kappa shape index (κ3) is 5.13. The maximum absolute atomic E-state index is 12.0. The number of amides is 1. The summed E-state index contributed by atoms with van der Waals surface area (Å²) in [6.45, 7) is 1.22. The lowest BCUT2D eigenvalue weighted by atomic mass is 10.2. The summed E-state index contributed by atoms with van der Waals surface area (Å²) in [5.74, 6) is 0.518. The van der Waals surface area contributed by atoms with Gasteiger partial charge in [-0.15, -0.1) is 0 Å². The highest BCUT2D eigenvalue weighted by Crippen LogP contribution is 2.18. The van der Waals surface area contributed by atoms with Crippen molar-refractivity contribution in [1.82, 2.24) is 10.3 Å². The second-order valence-corrected chi connectivity index (χ2v) is 5.58. The van der Waals surface area contributed by atoms with E-state index in [1.54, 1.807) is 25.4 Å². The summed E-state index contributed by atoms with van der Waals surface area (Å²) in [5.41, 5.74) is 1.49. The third-order valence-corrected chi connectivity index (χ3v) is 3.48. The molecule has 22 heavy (non-hydrogen) atoms. The predicted octanol–water partition coefficient (Wildman–Crippen LogP) is 3.35. The molecule has 1 amide bonds. The van der Waals surface area contributed by atoms with Crippen molar-refractivity contribution in [2.24, 2.45) is 0 Å². The van der Waals surface area contributed by atoms with Gasteiger partial charge in [0.1, 0.15) is 5.82 Å². The molecule has 0 aliphatic heterocycles. The minimum absolute atomic E-state index is 0.114. The van der Waals surface area contributed by atoms with Crippen molar-refractivity contribution in [3.8, 4) is 0 Å². The van der Waals surface area contributed by atoms with Gasteiger partial charge in [-0.25, -0.2) is 4.98 Å². The highest BCUT2D eigenvalue weighted by molar-refractivity contribution is 9.10. The number of rotatable bonds is 7. The van der Waals surface area contributed by atoms with Crippen LogP contribution in [0, 0.1) is 0 Å². The van der Waals surface area contributed by atoms with E-state index >= 15 is 0 Å². The number of nitrogens with one attached hydrogen (secondary N) is 2. The first-order chi connectivity index (χ1) is 10.7. The Bertz CT molecular complexity index is 617. The molecule has 5 nitrogen and oxygen atoms in total. The molecule has 0 bridgehead atoms. The molecule has 0 atom stereocenters. The number of nitrogens with zero attached hydrogens (tertiary/aromatic N) is 1. The number of hydrogen-bond acceptors (Lipinski definition) is 4. The molecule has 2 N–H and O–H groups in total. The number of hydrogen-bond donors (Lipinski definition) is 2. The van der Waals surface area contributed by atoms with E-state index in [1.807, 2.05) is 24.3 Å². The van der Waals surface area contributed by atoms with Crippen molar-refractivity contribution >= 4 is 33.3 Å². The molecule has 116 valence electrons. The summed E-state index contributed by atoms with van der Waals surface area (Å²) in [5, 5.41) is 6.02. The highest BCUT2D eigenvalue weighted by Gasteiger charge is 2.06. The van der Waals surface area contributed by atoms with Crippen LogP contribution in [0.25, 0.3) is 0 Å². The van der Waals surface area contributed by atoms with Crippen LogP contribution in [-0.2, 0) is 4.74 Å². The number of anilines is 2. The quantitative estimate of drug-likeness (QED) is 0.740. The molecule has 2 rings (SSSR count). The smallest absolute Gasteiger partial charge is 0.251 e. The lowest BCUT2D eigenvalue weighted by Crippen LogP contribution is -2.25. The number of pyridine rings is 1. The van der Waals surface area contributed by atoms with E-state index in [0.29, 0.717) is 24.5 Å². The van der Waals surface area contributed by atoms with Crippen molar-refractivity contribution < 1.29 is 9.53 Å². The Hall–Kier alpha value is -1.92. The SMILES string of the molecule is COCCCNC(=O)c1ccnc(Nc2ccc(Br)cc2)c1. The van der Waals surface area contributed by atoms with Crippen LogP contribution in [0.1, 0.15) is 16.8 Å². The molecule has 6 heteroatoms. The number of methoxy groups -OCH3 is 1. The number of benzene rings is 1. The fourth-order valence-corrected chi connectivity index (χ4v) is 2.11. The van der Waals surface area contributed by atoms with Gasteiger partial charge in [0.15, 0.2) is 0 Å². The Morgan fingerprint density at radius 2 is 2.05 bits per heavy atom. The zero-order valence-corrected chi connectivity index (χ0v) is 13.9. The Morgan fingerprint density at radius 3 is 2.77 bits per heavy atom. The fourth-order valence-electron chi connectivity index (χ4n) is 1.84. The number of aromatic nitrogens is 1. The molecule has 0 radical (unpaired) electrons. The molecule has 0 saturated heterocycles. The first-order valence-electron chi connectivity index (χ1n) is 6.95. The molecule has 0 unspecified atom stereocenters. The molecule has 1 aromatic carbocycles. The van der Waals surface area contributed by atoms with Crippen LogP contribution < -0.4 is 10.6 Å². The van der Waals surface area contributed by atoms with Gasteiger partial charge in [-0.2, -0.15) is 0 Å². The van der Waals surface area contributed by atoms with Crippen molar-refractivity contribution in [3.05, 3.63) is 52.6 Å². The summed E-state index contributed by atoms with van der Waals surface area (Å²) >= 11 is 3.39. The molecule has 1 heterocycles. The average molecular weight is 364 g/mol. The van der Waals surface area contributed by atoms with Crippen LogP contribution in [0.15, 0.2) is 47.1 Å². The number of carbonyl (C=O) groups excluding carboxylic acids is 1. The van der Waals surface area contributed by atoms with Gasteiger partial charge in [0.05, 0.1) is 0 Å². The molecule has 0 aliphatic rings. The minimum Gasteiger partial charge on any atom is -0.385 e. The third-order valence-electron chi connectivity index (χ3n) is 2.95. The molecule has 0 spiro atoms. The molecular weight excluding hydrogens is 346 g/mol. The van der Waals surface area contributed by atoms with Crippen molar-refractivity contribution in [2.45, 2.75) is 6.42 Å². The molecule has 0 aliphatic carbocycles. The molecule has 0 fully saturated rings. The topological polar surface area (TPSA) is 63.2 Å². The monoisotopic (exact) mass is 363 g/mol. The van der Waals surface area contributed by atoms with E-state index in [1.165, 1.54) is 0 Å². The Morgan fingerprint density at radius 1 is 1.27 bits per heavy atom. The number of carbonyl (C=O) groups is 1.